The zero-order chi connectivity index (χ0) is 10.2. The maximum atomic E-state index is 12.7. The third-order valence-corrected chi connectivity index (χ3v) is 2.74. The molecule has 0 atom stereocenters. The summed E-state index contributed by atoms with van der Waals surface area (Å²) >= 11 is 5.34. The van der Waals surface area contributed by atoms with Crippen LogP contribution in [0.4, 0.5) is 8.28 Å². The molecule has 0 heterocycles. The van der Waals surface area contributed by atoms with Gasteiger partial charge in [0.2, 0.25) is 0 Å². The molecule has 0 aromatic heterocycles. The average Bonchev–Trinajstić information content (AvgIpc) is 1.94. The fraction of sp³-hybridized carbons (Fsp3) is 0.143. The first-order valence-electron chi connectivity index (χ1n) is 3.22. The molecular weight excluding hydrogens is 222 g/mol. The molecule has 0 spiro atoms. The van der Waals surface area contributed by atoms with Gasteiger partial charge in [0.15, 0.2) is 0 Å². The Morgan fingerprint density at radius 3 is 2.38 bits per heavy atom. The molecule has 0 amide bonds. The van der Waals surface area contributed by atoms with Gasteiger partial charge in [0, 0.05) is 0 Å². The predicted molar refractivity (Wildman–Crippen MR) is 44.4 cm³/mol. The van der Waals surface area contributed by atoms with Crippen molar-refractivity contribution in [3.05, 3.63) is 28.5 Å². The molecule has 0 saturated carbocycles. The molecule has 0 fully saturated rings. The maximum absolute atomic E-state index is 12.7. The van der Waals surface area contributed by atoms with Gasteiger partial charge in [0.05, 0.1) is 5.02 Å². The molecule has 72 valence electrons. The molecule has 0 bridgehead atoms. The number of hydrogen-bond donors (Lipinski definition) is 0. The van der Waals surface area contributed by atoms with Gasteiger partial charge in [-0.2, -0.15) is 8.42 Å². The fourth-order valence-electron chi connectivity index (χ4n) is 0.891. The molecule has 0 aliphatic carbocycles. The van der Waals surface area contributed by atoms with E-state index in [1.807, 2.05) is 0 Å². The Balaban J connectivity index is 3.50. The summed E-state index contributed by atoms with van der Waals surface area (Å²) in [6.45, 7) is 1.33. The molecule has 0 saturated heterocycles. The van der Waals surface area contributed by atoms with Crippen LogP contribution in [-0.4, -0.2) is 8.42 Å². The van der Waals surface area contributed by atoms with Gasteiger partial charge in [-0.25, -0.2) is 4.39 Å². The van der Waals surface area contributed by atoms with Crippen LogP contribution >= 0.6 is 11.6 Å². The highest BCUT2D eigenvalue weighted by Crippen LogP contribution is 2.24. The Morgan fingerprint density at radius 1 is 1.38 bits per heavy atom. The van der Waals surface area contributed by atoms with Crippen LogP contribution in [-0.2, 0) is 10.2 Å². The van der Waals surface area contributed by atoms with Crippen molar-refractivity contribution in [3.8, 4) is 0 Å². The second-order valence-corrected chi connectivity index (χ2v) is 4.19. The van der Waals surface area contributed by atoms with Gasteiger partial charge in [0.25, 0.3) is 0 Å². The summed E-state index contributed by atoms with van der Waals surface area (Å²) < 4.78 is 46.1. The number of hydrogen-bond acceptors (Lipinski definition) is 2. The lowest BCUT2D eigenvalue weighted by Crippen LogP contribution is -1.97. The van der Waals surface area contributed by atoms with Crippen LogP contribution < -0.4 is 0 Å². The number of benzene rings is 1. The minimum absolute atomic E-state index is 0.0777. The minimum atomic E-state index is -4.87. The summed E-state index contributed by atoms with van der Waals surface area (Å²) in [5, 5.41) is -0.232. The first-order chi connectivity index (χ1) is 5.82. The van der Waals surface area contributed by atoms with Crippen LogP contribution in [0.15, 0.2) is 17.0 Å². The molecule has 1 aromatic rings. The molecule has 0 N–H and O–H groups in total. The molecule has 1 aromatic carbocycles. The summed E-state index contributed by atoms with van der Waals surface area (Å²) in [5.41, 5.74) is 0.0777. The van der Waals surface area contributed by atoms with Crippen molar-refractivity contribution in [2.24, 2.45) is 0 Å². The molecule has 0 radical (unpaired) electrons. The lowest BCUT2D eigenvalue weighted by Gasteiger charge is -2.01. The van der Waals surface area contributed by atoms with Crippen LogP contribution in [0.25, 0.3) is 0 Å². The Kier molecular flexibility index (Phi) is 2.58. The fourth-order valence-corrected chi connectivity index (χ4v) is 1.80. The molecule has 0 aliphatic rings. The van der Waals surface area contributed by atoms with Crippen LogP contribution in [0.1, 0.15) is 5.56 Å². The maximum Gasteiger partial charge on any atom is 0.332 e. The van der Waals surface area contributed by atoms with E-state index < -0.39 is 20.9 Å². The zero-order valence-corrected chi connectivity index (χ0v) is 8.09. The van der Waals surface area contributed by atoms with Crippen molar-refractivity contribution in [2.75, 3.05) is 0 Å². The van der Waals surface area contributed by atoms with Gasteiger partial charge in [-0.1, -0.05) is 11.6 Å². The molecule has 6 heteroatoms. The van der Waals surface area contributed by atoms with E-state index in [0.717, 1.165) is 6.07 Å². The van der Waals surface area contributed by atoms with Crippen molar-refractivity contribution >= 4 is 21.8 Å². The van der Waals surface area contributed by atoms with Crippen molar-refractivity contribution in [1.82, 2.24) is 0 Å². The molecule has 0 unspecified atom stereocenters. The quantitative estimate of drug-likeness (QED) is 0.690. The summed E-state index contributed by atoms with van der Waals surface area (Å²) in [4.78, 5) is -0.686. The largest absolute Gasteiger partial charge is 0.332 e. The second kappa shape index (κ2) is 3.23. The van der Waals surface area contributed by atoms with Gasteiger partial charge >= 0.3 is 10.2 Å². The summed E-state index contributed by atoms with van der Waals surface area (Å²) in [5.74, 6) is -0.955. The van der Waals surface area contributed by atoms with Gasteiger partial charge in [0.1, 0.15) is 10.7 Å². The predicted octanol–water partition coefficient (Wildman–Crippen LogP) is 2.45. The van der Waals surface area contributed by atoms with Crippen molar-refractivity contribution in [2.45, 2.75) is 11.8 Å². The van der Waals surface area contributed by atoms with Crippen LogP contribution in [0.5, 0.6) is 0 Å². The van der Waals surface area contributed by atoms with Gasteiger partial charge < -0.3 is 0 Å². The highest BCUT2D eigenvalue weighted by atomic mass is 35.5. The lowest BCUT2D eigenvalue weighted by atomic mass is 10.2. The van der Waals surface area contributed by atoms with Crippen LogP contribution in [0.2, 0.25) is 5.02 Å². The highest BCUT2D eigenvalue weighted by molar-refractivity contribution is 7.86. The molecule has 13 heavy (non-hydrogen) atoms. The second-order valence-electron chi connectivity index (χ2n) is 2.47. The standard InChI is InChI=1S/C7H5ClF2O2S/c1-4-2-5(8)6(9)3-7(4)13(10,11)12/h2-3H,1H3. The van der Waals surface area contributed by atoms with E-state index in [9.17, 15) is 16.7 Å². The van der Waals surface area contributed by atoms with Gasteiger partial charge in [-0.15, -0.1) is 3.89 Å². The van der Waals surface area contributed by atoms with Crippen LogP contribution in [0, 0.1) is 12.7 Å². The summed E-state index contributed by atoms with van der Waals surface area (Å²) in [6, 6.07) is 1.62. The monoisotopic (exact) mass is 226 g/mol. The van der Waals surface area contributed by atoms with E-state index in [-0.39, 0.29) is 10.6 Å². The SMILES string of the molecule is Cc1cc(Cl)c(F)cc1S(=O)(=O)F. The molecular formula is C7H5ClF2O2S. The smallest absolute Gasteiger partial charge is 0.205 e. The first kappa shape index (κ1) is 10.4. The third-order valence-electron chi connectivity index (χ3n) is 1.48. The Hall–Kier alpha value is -0.680. The van der Waals surface area contributed by atoms with E-state index in [4.69, 9.17) is 11.6 Å². The molecule has 2 nitrogen and oxygen atoms in total. The number of aryl methyl sites for hydroxylation is 1. The van der Waals surface area contributed by atoms with E-state index in [1.54, 1.807) is 0 Å². The normalized spacial score (nSPS) is 11.7. The van der Waals surface area contributed by atoms with Crippen LogP contribution in [0.3, 0.4) is 0 Å². The first-order valence-corrected chi connectivity index (χ1v) is 4.99. The minimum Gasteiger partial charge on any atom is -0.205 e. The van der Waals surface area contributed by atoms with E-state index in [1.165, 1.54) is 6.92 Å². The molecule has 0 aliphatic heterocycles. The Labute approximate surface area is 79.4 Å². The van der Waals surface area contributed by atoms with Crippen molar-refractivity contribution in [3.63, 3.8) is 0 Å². The van der Waals surface area contributed by atoms with E-state index in [0.29, 0.717) is 6.07 Å². The zero-order valence-electron chi connectivity index (χ0n) is 6.51. The summed E-state index contributed by atoms with van der Waals surface area (Å²) in [6.07, 6.45) is 0. The number of halogens is 3. The molecule has 1 rings (SSSR count). The van der Waals surface area contributed by atoms with E-state index >= 15 is 0 Å². The van der Waals surface area contributed by atoms with Gasteiger partial charge in [-0.3, -0.25) is 0 Å². The van der Waals surface area contributed by atoms with Gasteiger partial charge in [-0.05, 0) is 24.6 Å². The van der Waals surface area contributed by atoms with Crippen molar-refractivity contribution in [1.29, 1.82) is 0 Å². The third kappa shape index (κ3) is 2.16. The number of rotatable bonds is 1. The Morgan fingerprint density at radius 2 is 1.92 bits per heavy atom. The Bertz CT molecular complexity index is 442. The average molecular weight is 227 g/mol. The van der Waals surface area contributed by atoms with E-state index in [2.05, 4.69) is 0 Å². The lowest BCUT2D eigenvalue weighted by molar-refractivity contribution is 0.548. The van der Waals surface area contributed by atoms with Crippen molar-refractivity contribution < 1.29 is 16.7 Å². The summed E-state index contributed by atoms with van der Waals surface area (Å²) in [7, 11) is -4.87. The highest BCUT2D eigenvalue weighted by Gasteiger charge is 2.17. The topological polar surface area (TPSA) is 34.1 Å².